The van der Waals surface area contributed by atoms with Crippen molar-refractivity contribution in [2.45, 2.75) is 6.42 Å². The summed E-state index contributed by atoms with van der Waals surface area (Å²) in [7, 11) is 0. The molecule has 0 saturated carbocycles. The van der Waals surface area contributed by atoms with Crippen LogP contribution in [0.15, 0.2) is 48.7 Å². The van der Waals surface area contributed by atoms with Crippen LogP contribution in [0.3, 0.4) is 0 Å². The average molecular weight is 302 g/mol. The number of thiocarbonyl (C=S) groups is 1. The second-order valence-corrected chi connectivity index (χ2v) is 4.68. The first-order valence-electron chi connectivity index (χ1n) is 6.34. The minimum absolute atomic E-state index is 0.0523. The van der Waals surface area contributed by atoms with Gasteiger partial charge in [0.2, 0.25) is 0 Å². The Kier molecular flexibility index (Phi) is 5.16. The van der Waals surface area contributed by atoms with Gasteiger partial charge in [-0.15, -0.1) is 0 Å². The highest BCUT2D eigenvalue weighted by molar-refractivity contribution is 7.80. The van der Waals surface area contributed by atoms with Crippen LogP contribution in [-0.2, 0) is 6.42 Å². The van der Waals surface area contributed by atoms with Crippen molar-refractivity contribution in [2.75, 3.05) is 11.9 Å². The smallest absolute Gasteiger partial charge is 0.287 e. The van der Waals surface area contributed by atoms with Crippen LogP contribution in [0.5, 0.6) is 0 Å². The Labute approximate surface area is 127 Å². The highest BCUT2D eigenvalue weighted by atomic mass is 32.1. The van der Waals surface area contributed by atoms with Gasteiger partial charge in [0.05, 0.1) is 4.92 Å². The predicted molar refractivity (Wildman–Crippen MR) is 85.3 cm³/mol. The van der Waals surface area contributed by atoms with Crippen LogP contribution in [0.1, 0.15) is 5.56 Å². The maximum absolute atomic E-state index is 10.5. The van der Waals surface area contributed by atoms with E-state index in [2.05, 4.69) is 27.8 Å². The zero-order valence-electron chi connectivity index (χ0n) is 11.2. The summed E-state index contributed by atoms with van der Waals surface area (Å²) in [4.78, 5) is 14.0. The maximum atomic E-state index is 10.5. The van der Waals surface area contributed by atoms with Crippen molar-refractivity contribution < 1.29 is 4.92 Å². The van der Waals surface area contributed by atoms with E-state index in [0.717, 1.165) is 6.42 Å². The van der Waals surface area contributed by atoms with E-state index in [1.807, 2.05) is 18.2 Å². The Morgan fingerprint density at radius 1 is 1.24 bits per heavy atom. The summed E-state index contributed by atoms with van der Waals surface area (Å²) in [5.41, 5.74) is 1.17. The number of nitro groups is 1. The molecule has 2 N–H and O–H groups in total. The van der Waals surface area contributed by atoms with Crippen molar-refractivity contribution in [2.24, 2.45) is 0 Å². The van der Waals surface area contributed by atoms with E-state index in [-0.39, 0.29) is 5.69 Å². The summed E-state index contributed by atoms with van der Waals surface area (Å²) >= 11 is 5.14. The molecule has 0 spiro atoms. The third-order valence-electron chi connectivity index (χ3n) is 2.74. The number of anilines is 1. The number of benzene rings is 1. The van der Waals surface area contributed by atoms with Gasteiger partial charge in [-0.2, -0.15) is 0 Å². The molecular formula is C14H14N4O2S. The second kappa shape index (κ2) is 7.30. The van der Waals surface area contributed by atoms with E-state index in [1.165, 1.54) is 23.9 Å². The van der Waals surface area contributed by atoms with Gasteiger partial charge in [0.15, 0.2) is 5.11 Å². The summed E-state index contributed by atoms with van der Waals surface area (Å²) < 4.78 is 0. The molecule has 7 heteroatoms. The molecular weight excluding hydrogens is 288 g/mol. The van der Waals surface area contributed by atoms with Gasteiger partial charge in [-0.3, -0.25) is 10.1 Å². The molecule has 1 heterocycles. The normalized spacial score (nSPS) is 9.90. The monoisotopic (exact) mass is 302 g/mol. The van der Waals surface area contributed by atoms with Crippen LogP contribution in [0.25, 0.3) is 0 Å². The zero-order valence-corrected chi connectivity index (χ0v) is 12.0. The number of nitrogens with zero attached hydrogens (tertiary/aromatic N) is 2. The van der Waals surface area contributed by atoms with Gasteiger partial charge >= 0.3 is 0 Å². The van der Waals surface area contributed by atoms with E-state index in [4.69, 9.17) is 12.2 Å². The SMILES string of the molecule is O=[N+]([O-])c1ccc(NC(=S)NCCc2ccccc2)nc1. The van der Waals surface area contributed by atoms with Crippen molar-refractivity contribution in [1.29, 1.82) is 0 Å². The Hall–Kier alpha value is -2.54. The molecule has 6 nitrogen and oxygen atoms in total. The Balaban J connectivity index is 1.78. The summed E-state index contributed by atoms with van der Waals surface area (Å²) in [5, 5.41) is 16.9. The molecule has 0 aliphatic rings. The largest absolute Gasteiger partial charge is 0.362 e. The lowest BCUT2D eigenvalue weighted by Crippen LogP contribution is -2.30. The molecule has 0 saturated heterocycles. The van der Waals surface area contributed by atoms with E-state index in [0.29, 0.717) is 17.5 Å². The van der Waals surface area contributed by atoms with Crippen molar-refractivity contribution >= 4 is 28.8 Å². The fourth-order valence-corrected chi connectivity index (χ4v) is 1.90. The summed E-state index contributed by atoms with van der Waals surface area (Å²) in [5.74, 6) is 0.470. The van der Waals surface area contributed by atoms with Crippen molar-refractivity contribution in [3.63, 3.8) is 0 Å². The first-order valence-corrected chi connectivity index (χ1v) is 6.75. The fraction of sp³-hybridized carbons (Fsp3) is 0.143. The minimum Gasteiger partial charge on any atom is -0.362 e. The average Bonchev–Trinajstić information content (AvgIpc) is 2.49. The third kappa shape index (κ3) is 4.81. The molecule has 1 aromatic heterocycles. The Bertz CT molecular complexity index is 617. The van der Waals surface area contributed by atoms with Crippen molar-refractivity contribution in [3.8, 4) is 0 Å². The number of rotatable bonds is 5. The molecule has 0 bridgehead atoms. The Morgan fingerprint density at radius 2 is 2.00 bits per heavy atom. The first kappa shape index (κ1) is 14.9. The first-order chi connectivity index (χ1) is 10.1. The van der Waals surface area contributed by atoms with Gasteiger partial charge in [0.25, 0.3) is 5.69 Å². The van der Waals surface area contributed by atoms with Crippen LogP contribution < -0.4 is 10.6 Å². The summed E-state index contributed by atoms with van der Waals surface area (Å²) in [6, 6.07) is 13.0. The van der Waals surface area contributed by atoms with Crippen molar-refractivity contribution in [3.05, 3.63) is 64.3 Å². The molecule has 0 radical (unpaired) electrons. The van der Waals surface area contributed by atoms with E-state index in [1.54, 1.807) is 0 Å². The number of hydrogen-bond donors (Lipinski definition) is 2. The molecule has 0 aliphatic carbocycles. The molecule has 0 amide bonds. The lowest BCUT2D eigenvalue weighted by atomic mass is 10.1. The van der Waals surface area contributed by atoms with Crippen LogP contribution >= 0.6 is 12.2 Å². The van der Waals surface area contributed by atoms with Gasteiger partial charge < -0.3 is 10.6 Å². The maximum Gasteiger partial charge on any atom is 0.287 e. The molecule has 2 aromatic rings. The van der Waals surface area contributed by atoms with Crippen LogP contribution in [-0.4, -0.2) is 21.6 Å². The zero-order chi connectivity index (χ0) is 15.1. The minimum atomic E-state index is -0.493. The van der Waals surface area contributed by atoms with Gasteiger partial charge in [0, 0.05) is 12.6 Å². The van der Waals surface area contributed by atoms with Gasteiger partial charge in [0.1, 0.15) is 12.0 Å². The number of nitrogens with one attached hydrogen (secondary N) is 2. The fourth-order valence-electron chi connectivity index (χ4n) is 1.69. The number of pyridine rings is 1. The topological polar surface area (TPSA) is 80.1 Å². The van der Waals surface area contributed by atoms with Crippen LogP contribution in [0, 0.1) is 10.1 Å². The van der Waals surface area contributed by atoms with Gasteiger partial charge in [-0.25, -0.2) is 4.98 Å². The molecule has 0 atom stereocenters. The lowest BCUT2D eigenvalue weighted by molar-refractivity contribution is -0.385. The van der Waals surface area contributed by atoms with Gasteiger partial charge in [-0.1, -0.05) is 30.3 Å². The lowest BCUT2D eigenvalue weighted by Gasteiger charge is -2.09. The van der Waals surface area contributed by atoms with E-state index < -0.39 is 4.92 Å². The van der Waals surface area contributed by atoms with Crippen LogP contribution in [0.2, 0.25) is 0 Å². The van der Waals surface area contributed by atoms with E-state index in [9.17, 15) is 10.1 Å². The molecule has 0 unspecified atom stereocenters. The quantitative estimate of drug-likeness (QED) is 0.502. The highest BCUT2D eigenvalue weighted by Crippen LogP contribution is 2.11. The summed E-state index contributed by atoms with van der Waals surface area (Å²) in [6.07, 6.45) is 2.05. The molecule has 108 valence electrons. The molecule has 0 fully saturated rings. The number of aromatic nitrogens is 1. The summed E-state index contributed by atoms with van der Waals surface area (Å²) in [6.45, 7) is 0.697. The van der Waals surface area contributed by atoms with E-state index >= 15 is 0 Å². The number of hydrogen-bond acceptors (Lipinski definition) is 4. The Morgan fingerprint density at radius 3 is 2.62 bits per heavy atom. The molecule has 21 heavy (non-hydrogen) atoms. The standard InChI is InChI=1S/C14H14N4O2S/c19-18(20)12-6-7-13(16-10-12)17-14(21)15-9-8-11-4-2-1-3-5-11/h1-7,10H,8-9H2,(H2,15,16,17,21). The second-order valence-electron chi connectivity index (χ2n) is 4.28. The molecule has 1 aromatic carbocycles. The highest BCUT2D eigenvalue weighted by Gasteiger charge is 2.05. The molecule has 2 rings (SSSR count). The van der Waals surface area contributed by atoms with Crippen LogP contribution in [0.4, 0.5) is 11.5 Å². The van der Waals surface area contributed by atoms with Gasteiger partial charge in [-0.05, 0) is 30.3 Å². The van der Waals surface area contributed by atoms with Crippen molar-refractivity contribution in [1.82, 2.24) is 10.3 Å². The predicted octanol–water partition coefficient (Wildman–Crippen LogP) is 2.52. The third-order valence-corrected chi connectivity index (χ3v) is 2.99. The molecule has 0 aliphatic heterocycles.